The molecule has 0 fully saturated rings. The number of hydrazone groups is 1. The standard InChI is InChI=1S/C21H20FN5O4S/c1-30-16-9-14(10-17(11-16)31-2)23-18(28)12-32-21-25-24-19-20(29)26(6-7-27(19)21)15-5-3-4-13(22)8-15/h3-11,19,24H,12H2,1-2H3,(H,23,28). The summed E-state index contributed by atoms with van der Waals surface area (Å²) in [4.78, 5) is 28.2. The molecule has 1 atom stereocenters. The number of nitrogens with zero attached hydrogens (tertiary/aromatic N) is 3. The molecular weight excluding hydrogens is 437 g/mol. The van der Waals surface area contributed by atoms with Crippen molar-refractivity contribution in [1.29, 1.82) is 0 Å². The minimum absolute atomic E-state index is 0.0684. The van der Waals surface area contributed by atoms with E-state index in [1.54, 1.807) is 41.6 Å². The zero-order valence-corrected chi connectivity index (χ0v) is 18.1. The van der Waals surface area contributed by atoms with E-state index >= 15 is 0 Å². The van der Waals surface area contributed by atoms with Crippen molar-refractivity contribution < 1.29 is 23.5 Å². The zero-order chi connectivity index (χ0) is 22.7. The van der Waals surface area contributed by atoms with Gasteiger partial charge < -0.3 is 14.8 Å². The van der Waals surface area contributed by atoms with Gasteiger partial charge in [-0.2, -0.15) is 5.10 Å². The van der Waals surface area contributed by atoms with Gasteiger partial charge in [-0.3, -0.25) is 24.8 Å². The van der Waals surface area contributed by atoms with Crippen LogP contribution < -0.4 is 25.1 Å². The van der Waals surface area contributed by atoms with Crippen LogP contribution in [0.4, 0.5) is 15.8 Å². The number of hydrogen-bond donors (Lipinski definition) is 2. The molecule has 2 heterocycles. The molecule has 2 aromatic carbocycles. The van der Waals surface area contributed by atoms with Crippen LogP contribution in [0.1, 0.15) is 0 Å². The highest BCUT2D eigenvalue weighted by Crippen LogP contribution is 2.28. The van der Waals surface area contributed by atoms with Crippen LogP contribution in [0, 0.1) is 5.82 Å². The van der Waals surface area contributed by atoms with E-state index in [1.807, 2.05) is 0 Å². The summed E-state index contributed by atoms with van der Waals surface area (Å²) in [6.07, 6.45) is 2.43. The van der Waals surface area contributed by atoms with Crippen molar-refractivity contribution in [3.63, 3.8) is 0 Å². The molecule has 2 aliphatic heterocycles. The molecule has 11 heteroatoms. The summed E-state index contributed by atoms with van der Waals surface area (Å²) < 4.78 is 23.9. The van der Waals surface area contributed by atoms with Crippen LogP contribution in [0.15, 0.2) is 60.0 Å². The molecule has 9 nitrogen and oxygen atoms in total. The molecule has 32 heavy (non-hydrogen) atoms. The van der Waals surface area contributed by atoms with Gasteiger partial charge in [0.05, 0.1) is 25.7 Å². The van der Waals surface area contributed by atoms with Gasteiger partial charge in [-0.15, -0.1) is 0 Å². The number of amidine groups is 1. The third kappa shape index (κ3) is 4.47. The maximum absolute atomic E-state index is 13.5. The van der Waals surface area contributed by atoms with Gasteiger partial charge in [-0.25, -0.2) is 4.39 Å². The lowest BCUT2D eigenvalue weighted by molar-refractivity contribution is -0.122. The Balaban J connectivity index is 1.38. The lowest BCUT2D eigenvalue weighted by Crippen LogP contribution is -2.52. The number of halogens is 1. The average molecular weight is 457 g/mol. The van der Waals surface area contributed by atoms with Crippen LogP contribution in [0.5, 0.6) is 11.5 Å². The number of nitrogens with one attached hydrogen (secondary N) is 2. The Bertz CT molecular complexity index is 1090. The van der Waals surface area contributed by atoms with Crippen molar-refractivity contribution >= 4 is 40.1 Å². The van der Waals surface area contributed by atoms with Crippen molar-refractivity contribution in [3.05, 3.63) is 60.7 Å². The highest BCUT2D eigenvalue weighted by Gasteiger charge is 2.38. The zero-order valence-electron chi connectivity index (χ0n) is 17.2. The van der Waals surface area contributed by atoms with E-state index in [9.17, 15) is 14.0 Å². The van der Waals surface area contributed by atoms with Gasteiger partial charge >= 0.3 is 0 Å². The molecule has 2 aliphatic rings. The molecule has 0 spiro atoms. The minimum atomic E-state index is -0.767. The number of anilines is 2. The topological polar surface area (TPSA) is 95.5 Å². The average Bonchev–Trinajstić information content (AvgIpc) is 3.21. The molecule has 0 saturated carbocycles. The Hall–Kier alpha value is -3.73. The van der Waals surface area contributed by atoms with Gasteiger partial charge in [-0.05, 0) is 18.2 Å². The van der Waals surface area contributed by atoms with Gasteiger partial charge in [0.2, 0.25) is 12.1 Å². The number of ether oxygens (including phenoxy) is 2. The summed E-state index contributed by atoms with van der Waals surface area (Å²) >= 11 is 1.18. The van der Waals surface area contributed by atoms with Crippen LogP contribution in [0.2, 0.25) is 0 Å². The number of carbonyl (C=O) groups excluding carboxylic acids is 2. The van der Waals surface area contributed by atoms with Crippen molar-refractivity contribution in [2.45, 2.75) is 6.17 Å². The Morgan fingerprint density at radius 2 is 1.94 bits per heavy atom. The molecule has 2 N–H and O–H groups in total. The van der Waals surface area contributed by atoms with E-state index in [2.05, 4.69) is 15.8 Å². The van der Waals surface area contributed by atoms with Crippen LogP contribution in [-0.4, -0.2) is 48.0 Å². The molecule has 0 aliphatic carbocycles. The fourth-order valence-corrected chi connectivity index (χ4v) is 3.93. The van der Waals surface area contributed by atoms with Gasteiger partial charge in [0.15, 0.2) is 5.17 Å². The predicted octanol–water partition coefficient (Wildman–Crippen LogP) is 2.53. The lowest BCUT2D eigenvalue weighted by atomic mass is 10.2. The summed E-state index contributed by atoms with van der Waals surface area (Å²) in [6.45, 7) is 0. The SMILES string of the molecule is COc1cc(NC(=O)CSC2=NNC3C(=O)N(c4cccc(F)c4)C=CN23)cc(OC)c1. The molecule has 2 amide bonds. The van der Waals surface area contributed by atoms with Crippen molar-refractivity contribution in [3.8, 4) is 11.5 Å². The number of methoxy groups -OCH3 is 2. The molecule has 0 bridgehead atoms. The largest absolute Gasteiger partial charge is 0.497 e. The molecule has 0 saturated heterocycles. The molecular formula is C21H20FN5O4S. The number of amides is 2. The molecule has 2 aromatic rings. The summed E-state index contributed by atoms with van der Waals surface area (Å²) in [6, 6.07) is 10.8. The number of carbonyl (C=O) groups is 2. The number of thioether (sulfide) groups is 1. The number of rotatable bonds is 6. The van der Waals surface area contributed by atoms with Gasteiger partial charge in [0.1, 0.15) is 17.3 Å². The first-order chi connectivity index (χ1) is 15.5. The number of hydrogen-bond acceptors (Lipinski definition) is 8. The second-order valence-corrected chi connectivity index (χ2v) is 7.70. The number of fused-ring (bicyclic) bond motifs is 1. The van der Waals surface area contributed by atoms with Crippen LogP contribution in [-0.2, 0) is 9.59 Å². The Morgan fingerprint density at radius 1 is 1.19 bits per heavy atom. The highest BCUT2D eigenvalue weighted by molar-refractivity contribution is 8.14. The maximum atomic E-state index is 13.5. The quantitative estimate of drug-likeness (QED) is 0.688. The Kier molecular flexibility index (Phi) is 6.17. The second-order valence-electron chi connectivity index (χ2n) is 6.76. The summed E-state index contributed by atoms with van der Waals surface area (Å²) in [5.41, 5.74) is 3.72. The van der Waals surface area contributed by atoms with E-state index in [0.29, 0.717) is 28.0 Å². The summed E-state index contributed by atoms with van der Waals surface area (Å²) in [5.74, 6) is 0.172. The second kappa shape index (κ2) is 9.18. The van der Waals surface area contributed by atoms with E-state index < -0.39 is 12.0 Å². The molecule has 4 rings (SSSR count). The molecule has 166 valence electrons. The van der Waals surface area contributed by atoms with Crippen LogP contribution in [0.3, 0.4) is 0 Å². The first-order valence-electron chi connectivity index (χ1n) is 9.53. The van der Waals surface area contributed by atoms with Crippen LogP contribution in [0.25, 0.3) is 0 Å². The summed E-state index contributed by atoms with van der Waals surface area (Å²) in [7, 11) is 3.06. The first-order valence-corrected chi connectivity index (χ1v) is 10.5. The third-order valence-electron chi connectivity index (χ3n) is 4.68. The van der Waals surface area contributed by atoms with Crippen molar-refractivity contribution in [2.24, 2.45) is 5.10 Å². The van der Waals surface area contributed by atoms with E-state index in [4.69, 9.17) is 9.47 Å². The molecule has 0 radical (unpaired) electrons. The van der Waals surface area contributed by atoms with Gasteiger partial charge in [0, 0.05) is 36.3 Å². The maximum Gasteiger partial charge on any atom is 0.276 e. The van der Waals surface area contributed by atoms with Gasteiger partial charge in [0.25, 0.3) is 5.91 Å². The number of benzene rings is 2. The van der Waals surface area contributed by atoms with E-state index in [-0.39, 0.29) is 17.6 Å². The first kappa shape index (κ1) is 21.5. The lowest BCUT2D eigenvalue weighted by Gasteiger charge is -2.31. The monoisotopic (exact) mass is 457 g/mol. The minimum Gasteiger partial charge on any atom is -0.497 e. The Labute approximate surface area is 187 Å². The fraction of sp³-hybridized carbons (Fsp3) is 0.190. The van der Waals surface area contributed by atoms with Crippen molar-refractivity contribution in [1.82, 2.24) is 10.3 Å². The third-order valence-corrected chi connectivity index (χ3v) is 5.65. The fourth-order valence-electron chi connectivity index (χ4n) is 3.17. The smallest absolute Gasteiger partial charge is 0.276 e. The van der Waals surface area contributed by atoms with Crippen molar-refractivity contribution in [2.75, 3.05) is 30.2 Å². The summed E-state index contributed by atoms with van der Waals surface area (Å²) in [5, 5.41) is 7.43. The molecule has 1 unspecified atom stereocenters. The van der Waals surface area contributed by atoms with Gasteiger partial charge in [-0.1, -0.05) is 17.8 Å². The predicted molar refractivity (Wildman–Crippen MR) is 120 cm³/mol. The van der Waals surface area contributed by atoms with Crippen LogP contribution >= 0.6 is 11.8 Å². The van der Waals surface area contributed by atoms with E-state index in [1.165, 1.54) is 49.1 Å². The van der Waals surface area contributed by atoms with E-state index in [0.717, 1.165) is 0 Å². The highest BCUT2D eigenvalue weighted by atomic mass is 32.2. The molecule has 0 aromatic heterocycles. The normalized spacial score (nSPS) is 16.9. The Morgan fingerprint density at radius 3 is 2.62 bits per heavy atom.